The number of sulfonamides is 1. The van der Waals surface area contributed by atoms with E-state index in [9.17, 15) is 18.5 Å². The molecule has 20 heavy (non-hydrogen) atoms. The number of benzene rings is 1. The minimum atomic E-state index is -3.87. The Morgan fingerprint density at radius 3 is 2.50 bits per heavy atom. The average molecular weight is 295 g/mol. The van der Waals surface area contributed by atoms with Crippen LogP contribution in [0.1, 0.15) is 5.76 Å². The third-order valence-electron chi connectivity index (χ3n) is 2.27. The summed E-state index contributed by atoms with van der Waals surface area (Å²) in [6.45, 7) is 0. The maximum atomic E-state index is 11.8. The molecule has 1 heterocycles. The standard InChI is InChI=1S/C11H9N3O5S/c15-14(16)9-3-5-11(6-4-9)20(17,18)13-12-8-10-2-1-7-19-10/h1-8,13H/b12-8-. The van der Waals surface area contributed by atoms with Gasteiger partial charge in [0.1, 0.15) is 5.76 Å². The van der Waals surface area contributed by atoms with E-state index < -0.39 is 14.9 Å². The Hall–Kier alpha value is -2.68. The average Bonchev–Trinajstić information content (AvgIpc) is 2.92. The van der Waals surface area contributed by atoms with Crippen molar-refractivity contribution in [3.63, 3.8) is 0 Å². The molecule has 0 unspecified atom stereocenters. The Labute approximate surface area is 113 Å². The highest BCUT2D eigenvalue weighted by molar-refractivity contribution is 7.89. The Morgan fingerprint density at radius 2 is 1.95 bits per heavy atom. The number of nitrogens with one attached hydrogen (secondary N) is 1. The van der Waals surface area contributed by atoms with E-state index in [1.165, 1.54) is 12.5 Å². The summed E-state index contributed by atoms with van der Waals surface area (Å²) in [6.07, 6.45) is 2.62. The summed E-state index contributed by atoms with van der Waals surface area (Å²) < 4.78 is 28.6. The Bertz CT molecular complexity index is 720. The molecule has 1 N–H and O–H groups in total. The van der Waals surface area contributed by atoms with Crippen molar-refractivity contribution in [3.8, 4) is 0 Å². The predicted octanol–water partition coefficient (Wildman–Crippen LogP) is 1.50. The summed E-state index contributed by atoms with van der Waals surface area (Å²) >= 11 is 0. The number of furan rings is 1. The van der Waals surface area contributed by atoms with Crippen molar-refractivity contribution in [2.24, 2.45) is 5.10 Å². The molecule has 1 aromatic carbocycles. The summed E-state index contributed by atoms with van der Waals surface area (Å²) in [5.41, 5.74) is -0.192. The fraction of sp³-hybridized carbons (Fsp3) is 0. The lowest BCUT2D eigenvalue weighted by molar-refractivity contribution is -0.384. The van der Waals surface area contributed by atoms with E-state index >= 15 is 0 Å². The van der Waals surface area contributed by atoms with Crippen molar-refractivity contribution in [2.75, 3.05) is 0 Å². The first kappa shape index (κ1) is 13.7. The number of nitro groups is 1. The van der Waals surface area contributed by atoms with Gasteiger partial charge in [-0.05, 0) is 24.3 Å². The quantitative estimate of drug-likeness (QED) is 0.510. The van der Waals surface area contributed by atoms with Crippen LogP contribution in [0.2, 0.25) is 0 Å². The molecule has 104 valence electrons. The van der Waals surface area contributed by atoms with Gasteiger partial charge in [-0.3, -0.25) is 10.1 Å². The molecule has 9 heteroatoms. The van der Waals surface area contributed by atoms with E-state index in [1.807, 2.05) is 4.83 Å². The maximum Gasteiger partial charge on any atom is 0.276 e. The number of hydrogen-bond acceptors (Lipinski definition) is 6. The summed E-state index contributed by atoms with van der Waals surface area (Å²) in [6, 6.07) is 7.69. The van der Waals surface area contributed by atoms with E-state index in [0.717, 1.165) is 24.3 Å². The molecule has 0 fully saturated rings. The molecule has 0 atom stereocenters. The zero-order chi connectivity index (χ0) is 14.6. The van der Waals surface area contributed by atoms with E-state index in [1.54, 1.807) is 12.1 Å². The second-order valence-electron chi connectivity index (χ2n) is 3.62. The first-order chi connectivity index (χ1) is 9.49. The van der Waals surface area contributed by atoms with Crippen molar-refractivity contribution < 1.29 is 17.8 Å². The van der Waals surface area contributed by atoms with Crippen molar-refractivity contribution >= 4 is 21.9 Å². The minimum Gasteiger partial charge on any atom is -0.463 e. The molecular weight excluding hydrogens is 286 g/mol. The number of hydrazone groups is 1. The summed E-state index contributed by atoms with van der Waals surface area (Å²) in [4.78, 5) is 11.7. The van der Waals surface area contributed by atoms with Gasteiger partial charge in [0, 0.05) is 12.1 Å². The van der Waals surface area contributed by atoms with Crippen molar-refractivity contribution in [3.05, 3.63) is 58.5 Å². The molecule has 2 rings (SSSR count). The number of non-ortho nitro benzene ring substituents is 1. The van der Waals surface area contributed by atoms with Crippen LogP contribution in [-0.4, -0.2) is 19.6 Å². The lowest BCUT2D eigenvalue weighted by Gasteiger charge is -2.02. The molecule has 8 nitrogen and oxygen atoms in total. The number of nitro benzene ring substituents is 1. The van der Waals surface area contributed by atoms with Crippen LogP contribution in [0.25, 0.3) is 0 Å². The lowest BCUT2D eigenvalue weighted by atomic mass is 10.3. The molecule has 0 aliphatic carbocycles. The topological polar surface area (TPSA) is 115 Å². The molecule has 2 aromatic rings. The summed E-state index contributed by atoms with van der Waals surface area (Å²) in [5.74, 6) is 0.386. The normalized spacial score (nSPS) is 11.6. The van der Waals surface area contributed by atoms with Crippen LogP contribution in [0.5, 0.6) is 0 Å². The van der Waals surface area contributed by atoms with Gasteiger partial charge in [0.25, 0.3) is 15.7 Å². The molecule has 0 saturated carbocycles. The largest absolute Gasteiger partial charge is 0.463 e. The zero-order valence-corrected chi connectivity index (χ0v) is 10.8. The van der Waals surface area contributed by atoms with Crippen LogP contribution in [0, 0.1) is 10.1 Å². The molecule has 0 bridgehead atoms. The first-order valence-electron chi connectivity index (χ1n) is 5.32. The van der Waals surface area contributed by atoms with E-state index in [0.29, 0.717) is 5.76 Å². The van der Waals surface area contributed by atoms with Gasteiger partial charge in [-0.15, -0.1) is 0 Å². The smallest absolute Gasteiger partial charge is 0.276 e. The number of hydrogen-bond donors (Lipinski definition) is 1. The second-order valence-corrected chi connectivity index (χ2v) is 5.28. The molecule has 0 saturated heterocycles. The molecule has 0 aliphatic rings. The van der Waals surface area contributed by atoms with Crippen molar-refractivity contribution in [2.45, 2.75) is 4.90 Å². The van der Waals surface area contributed by atoms with Gasteiger partial charge < -0.3 is 4.42 Å². The van der Waals surface area contributed by atoms with Gasteiger partial charge in [-0.1, -0.05) is 0 Å². The number of nitrogens with zero attached hydrogens (tertiary/aromatic N) is 2. The highest BCUT2D eigenvalue weighted by Gasteiger charge is 2.14. The van der Waals surface area contributed by atoms with Crippen LogP contribution in [0.15, 0.2) is 57.1 Å². The summed E-state index contributed by atoms with van der Waals surface area (Å²) in [7, 11) is -3.87. The molecule has 0 radical (unpaired) electrons. The summed E-state index contributed by atoms with van der Waals surface area (Å²) in [5, 5.41) is 14.0. The van der Waals surface area contributed by atoms with Crippen molar-refractivity contribution in [1.82, 2.24) is 4.83 Å². The third kappa shape index (κ3) is 3.20. The Morgan fingerprint density at radius 1 is 1.25 bits per heavy atom. The van der Waals surface area contributed by atoms with Gasteiger partial charge >= 0.3 is 0 Å². The second kappa shape index (κ2) is 5.53. The Kier molecular flexibility index (Phi) is 3.80. The fourth-order valence-electron chi connectivity index (χ4n) is 1.32. The molecular formula is C11H9N3O5S. The van der Waals surface area contributed by atoms with Gasteiger partial charge in [-0.2, -0.15) is 18.4 Å². The van der Waals surface area contributed by atoms with Crippen LogP contribution in [0.4, 0.5) is 5.69 Å². The highest BCUT2D eigenvalue weighted by Crippen LogP contribution is 2.15. The number of rotatable bonds is 5. The zero-order valence-electron chi connectivity index (χ0n) is 9.96. The molecule has 0 amide bonds. The van der Waals surface area contributed by atoms with Crippen LogP contribution >= 0.6 is 0 Å². The van der Waals surface area contributed by atoms with Gasteiger partial charge in [0.15, 0.2) is 0 Å². The highest BCUT2D eigenvalue weighted by atomic mass is 32.2. The third-order valence-corrected chi connectivity index (χ3v) is 3.50. The molecule has 0 spiro atoms. The monoisotopic (exact) mass is 295 g/mol. The van der Waals surface area contributed by atoms with Crippen LogP contribution < -0.4 is 4.83 Å². The van der Waals surface area contributed by atoms with E-state index in [2.05, 4.69) is 5.10 Å². The van der Waals surface area contributed by atoms with Crippen LogP contribution in [-0.2, 0) is 10.0 Å². The molecule has 0 aliphatic heterocycles. The Balaban J connectivity index is 2.12. The van der Waals surface area contributed by atoms with Gasteiger partial charge in [0.2, 0.25) is 0 Å². The van der Waals surface area contributed by atoms with E-state index in [4.69, 9.17) is 4.42 Å². The molecule has 1 aromatic heterocycles. The SMILES string of the molecule is O=[N+]([O-])c1ccc(S(=O)(=O)N/N=C\c2ccco2)cc1. The van der Waals surface area contributed by atoms with Gasteiger partial charge in [0.05, 0.1) is 22.3 Å². The predicted molar refractivity (Wildman–Crippen MR) is 69.7 cm³/mol. The lowest BCUT2D eigenvalue weighted by Crippen LogP contribution is -2.18. The van der Waals surface area contributed by atoms with Crippen LogP contribution in [0.3, 0.4) is 0 Å². The first-order valence-corrected chi connectivity index (χ1v) is 6.80. The van der Waals surface area contributed by atoms with Gasteiger partial charge in [-0.25, -0.2) is 0 Å². The fourth-order valence-corrected chi connectivity index (χ4v) is 2.12. The maximum absolute atomic E-state index is 11.8. The van der Waals surface area contributed by atoms with Crippen molar-refractivity contribution in [1.29, 1.82) is 0 Å². The minimum absolute atomic E-state index is 0.125. The van der Waals surface area contributed by atoms with E-state index in [-0.39, 0.29) is 10.6 Å².